The molecule has 5 nitrogen and oxygen atoms in total. The van der Waals surface area contributed by atoms with Gasteiger partial charge in [-0.3, -0.25) is 9.97 Å². The molecule has 0 bridgehead atoms. The second-order valence-corrected chi connectivity index (χ2v) is 13.1. The minimum atomic E-state index is 0.291. The van der Waals surface area contributed by atoms with Gasteiger partial charge in [0.05, 0.1) is 33.6 Å². The number of hydrogen-bond acceptors (Lipinski definition) is 5. The van der Waals surface area contributed by atoms with E-state index < -0.39 is 0 Å². The van der Waals surface area contributed by atoms with E-state index >= 15 is 0 Å². The van der Waals surface area contributed by atoms with Gasteiger partial charge in [0.1, 0.15) is 0 Å². The normalized spacial score (nSPS) is 11.5. The monoisotopic (exact) mass is 655 g/mol. The summed E-state index contributed by atoms with van der Waals surface area (Å²) in [4.78, 5) is 25.7. The van der Waals surface area contributed by atoms with Crippen molar-refractivity contribution >= 4 is 32.7 Å². The summed E-state index contributed by atoms with van der Waals surface area (Å²) in [6.07, 6.45) is 1.84. The molecule has 9 rings (SSSR count). The average Bonchev–Trinajstić information content (AvgIpc) is 3.20. The Kier molecular flexibility index (Phi) is 7.59. The highest BCUT2D eigenvalue weighted by molar-refractivity contribution is 6.09. The molecule has 0 saturated heterocycles. The molecule has 0 atom stereocenters. The first-order valence-corrected chi connectivity index (χ1v) is 17.3. The first kappa shape index (κ1) is 30.5. The fourth-order valence-electron chi connectivity index (χ4n) is 6.82. The van der Waals surface area contributed by atoms with Gasteiger partial charge in [0.15, 0.2) is 5.82 Å². The van der Waals surface area contributed by atoms with Crippen molar-refractivity contribution in [3.05, 3.63) is 164 Å². The van der Waals surface area contributed by atoms with Gasteiger partial charge in [0.2, 0.25) is 0 Å². The van der Waals surface area contributed by atoms with Gasteiger partial charge in [0, 0.05) is 44.7 Å². The van der Waals surface area contributed by atoms with Crippen molar-refractivity contribution in [2.24, 2.45) is 0 Å². The highest BCUT2D eigenvalue weighted by Gasteiger charge is 2.18. The third kappa shape index (κ3) is 5.69. The van der Waals surface area contributed by atoms with Gasteiger partial charge >= 0.3 is 0 Å². The molecule has 0 saturated carbocycles. The molecule has 0 aliphatic carbocycles. The zero-order chi connectivity index (χ0) is 34.3. The first-order valence-electron chi connectivity index (χ1n) is 17.3. The molecule has 242 valence electrons. The molecular formula is C46H33N5. The van der Waals surface area contributed by atoms with Crippen molar-refractivity contribution in [3.8, 4) is 56.3 Å². The molecule has 0 N–H and O–H groups in total. The number of hydrogen-bond donors (Lipinski definition) is 0. The van der Waals surface area contributed by atoms with Crippen LogP contribution < -0.4 is 0 Å². The number of nitrogens with zero attached hydrogens (tertiary/aromatic N) is 5. The summed E-state index contributed by atoms with van der Waals surface area (Å²) in [6, 6.07) is 52.3. The van der Waals surface area contributed by atoms with E-state index in [-0.39, 0.29) is 0 Å². The molecule has 0 fully saturated rings. The molecule has 51 heavy (non-hydrogen) atoms. The average molecular weight is 656 g/mol. The molecule has 5 aromatic carbocycles. The first-order chi connectivity index (χ1) is 25.1. The fourth-order valence-corrected chi connectivity index (χ4v) is 6.82. The van der Waals surface area contributed by atoms with Crippen LogP contribution >= 0.6 is 0 Å². The lowest BCUT2D eigenvalue weighted by atomic mass is 9.97. The standard InChI is InChI=1S/C46H33N5/c1-29(2)39-24-22-33-21-23-37-38(30-12-5-3-6-13-30)27-41(49-45(37)44(33)48-39)42-28-40(31-14-7-4-8-15-31)50-46(51-42)35-18-9-17-34(26-35)36-20-10-16-32-19-11-25-47-43(32)36/h3-29H,1-2H3. The van der Waals surface area contributed by atoms with Gasteiger partial charge in [-0.1, -0.05) is 135 Å². The van der Waals surface area contributed by atoms with Crippen LogP contribution in [0.1, 0.15) is 25.5 Å². The topological polar surface area (TPSA) is 64.5 Å². The Morgan fingerprint density at radius 3 is 1.90 bits per heavy atom. The zero-order valence-corrected chi connectivity index (χ0v) is 28.3. The van der Waals surface area contributed by atoms with Crippen molar-refractivity contribution in [2.45, 2.75) is 19.8 Å². The molecule has 4 aromatic heterocycles. The molecule has 0 amide bonds. The maximum absolute atomic E-state index is 5.37. The Hall–Kier alpha value is -6.59. The zero-order valence-electron chi connectivity index (χ0n) is 28.3. The van der Waals surface area contributed by atoms with Crippen LogP contribution in [0.4, 0.5) is 0 Å². The summed E-state index contributed by atoms with van der Waals surface area (Å²) in [6.45, 7) is 4.35. The SMILES string of the molecule is CC(C)c1ccc2ccc3c(-c4ccccc4)cc(-c4cc(-c5ccccc5)nc(-c5cccc(-c6cccc7cccnc67)c5)n4)nc3c2n1. The quantitative estimate of drug-likeness (QED) is 0.167. The lowest BCUT2D eigenvalue weighted by Crippen LogP contribution is -1.99. The molecule has 0 aliphatic heterocycles. The second-order valence-electron chi connectivity index (χ2n) is 13.1. The van der Waals surface area contributed by atoms with E-state index in [9.17, 15) is 0 Å². The molecule has 4 heterocycles. The molecule has 0 unspecified atom stereocenters. The van der Waals surface area contributed by atoms with Crippen molar-refractivity contribution in [1.82, 2.24) is 24.9 Å². The van der Waals surface area contributed by atoms with Gasteiger partial charge < -0.3 is 0 Å². The summed E-state index contributed by atoms with van der Waals surface area (Å²) in [5.74, 6) is 0.919. The number of rotatable bonds is 6. The van der Waals surface area contributed by atoms with E-state index in [0.29, 0.717) is 11.7 Å². The smallest absolute Gasteiger partial charge is 0.160 e. The summed E-state index contributed by atoms with van der Waals surface area (Å²) in [5, 5.41) is 3.22. The van der Waals surface area contributed by atoms with Gasteiger partial charge in [-0.2, -0.15) is 0 Å². The third-order valence-electron chi connectivity index (χ3n) is 9.46. The second kappa shape index (κ2) is 12.7. The van der Waals surface area contributed by atoms with Gasteiger partial charge in [0.25, 0.3) is 0 Å². The van der Waals surface area contributed by atoms with E-state index in [4.69, 9.17) is 24.9 Å². The Labute approximate surface area is 296 Å². The Morgan fingerprint density at radius 2 is 1.08 bits per heavy atom. The number of fused-ring (bicyclic) bond motifs is 4. The third-order valence-corrected chi connectivity index (χ3v) is 9.46. The van der Waals surface area contributed by atoms with Crippen LogP contribution in [0.3, 0.4) is 0 Å². The molecule has 5 heteroatoms. The number of benzene rings is 5. The minimum Gasteiger partial charge on any atom is -0.256 e. The summed E-state index contributed by atoms with van der Waals surface area (Å²) >= 11 is 0. The predicted octanol–water partition coefficient (Wildman–Crippen LogP) is 11.6. The summed E-state index contributed by atoms with van der Waals surface area (Å²) in [7, 11) is 0. The van der Waals surface area contributed by atoms with Crippen LogP contribution in [0.2, 0.25) is 0 Å². The summed E-state index contributed by atoms with van der Waals surface area (Å²) in [5.41, 5.74) is 12.3. The van der Waals surface area contributed by atoms with Crippen LogP contribution in [0, 0.1) is 0 Å². The van der Waals surface area contributed by atoms with Crippen LogP contribution in [-0.4, -0.2) is 24.9 Å². The lowest BCUT2D eigenvalue weighted by Gasteiger charge is -2.14. The Balaban J connectivity index is 1.29. The molecule has 0 spiro atoms. The van der Waals surface area contributed by atoms with Gasteiger partial charge in [-0.05, 0) is 52.9 Å². The van der Waals surface area contributed by atoms with Crippen LogP contribution in [0.5, 0.6) is 0 Å². The van der Waals surface area contributed by atoms with Crippen molar-refractivity contribution in [1.29, 1.82) is 0 Å². The van der Waals surface area contributed by atoms with Crippen molar-refractivity contribution in [2.75, 3.05) is 0 Å². The molecule has 0 radical (unpaired) electrons. The molecular weight excluding hydrogens is 623 g/mol. The number of pyridine rings is 3. The fraction of sp³-hybridized carbons (Fsp3) is 0.0652. The van der Waals surface area contributed by atoms with Crippen LogP contribution in [0.15, 0.2) is 158 Å². The van der Waals surface area contributed by atoms with Gasteiger partial charge in [-0.15, -0.1) is 0 Å². The molecule has 0 aliphatic rings. The van der Waals surface area contributed by atoms with Gasteiger partial charge in [-0.25, -0.2) is 15.0 Å². The van der Waals surface area contributed by atoms with E-state index in [1.54, 1.807) is 0 Å². The number of para-hydroxylation sites is 1. The van der Waals surface area contributed by atoms with Crippen molar-refractivity contribution < 1.29 is 0 Å². The minimum absolute atomic E-state index is 0.291. The van der Waals surface area contributed by atoms with Crippen molar-refractivity contribution in [3.63, 3.8) is 0 Å². The van der Waals surface area contributed by atoms with E-state index in [1.165, 1.54) is 0 Å². The van der Waals surface area contributed by atoms with E-state index in [1.807, 2.05) is 36.5 Å². The maximum atomic E-state index is 5.37. The van der Waals surface area contributed by atoms with Crippen LogP contribution in [0.25, 0.3) is 89.0 Å². The summed E-state index contributed by atoms with van der Waals surface area (Å²) < 4.78 is 0. The maximum Gasteiger partial charge on any atom is 0.160 e. The number of aromatic nitrogens is 5. The Morgan fingerprint density at radius 1 is 0.412 bits per heavy atom. The van der Waals surface area contributed by atoms with Crippen LogP contribution in [-0.2, 0) is 0 Å². The predicted molar refractivity (Wildman–Crippen MR) is 209 cm³/mol. The van der Waals surface area contributed by atoms with E-state index in [2.05, 4.69) is 135 Å². The largest absolute Gasteiger partial charge is 0.256 e. The Bertz CT molecular complexity index is 2720. The van der Waals surface area contributed by atoms with E-state index in [0.717, 1.165) is 88.9 Å². The lowest BCUT2D eigenvalue weighted by molar-refractivity contribution is 0.830. The molecule has 9 aromatic rings. The highest BCUT2D eigenvalue weighted by atomic mass is 14.9. The highest BCUT2D eigenvalue weighted by Crippen LogP contribution is 2.37.